The average Bonchev–Trinajstić information content (AvgIpc) is 2.31. The smallest absolute Gasteiger partial charge is 0.411 e. The van der Waals surface area contributed by atoms with Crippen molar-refractivity contribution in [1.29, 1.82) is 0 Å². The molecule has 0 heterocycles. The van der Waals surface area contributed by atoms with Crippen LogP contribution in [-0.2, 0) is 4.74 Å². The van der Waals surface area contributed by atoms with Crippen molar-refractivity contribution in [1.82, 2.24) is 0 Å². The fraction of sp³-hybridized carbons (Fsp3) is 0.333. The van der Waals surface area contributed by atoms with E-state index in [1.807, 2.05) is 6.92 Å². The van der Waals surface area contributed by atoms with Crippen LogP contribution in [0.1, 0.15) is 19.8 Å². The normalized spacial score (nSPS) is 9.61. The van der Waals surface area contributed by atoms with Gasteiger partial charge in [0.05, 0.1) is 6.61 Å². The third-order valence-corrected chi connectivity index (χ3v) is 2.11. The summed E-state index contributed by atoms with van der Waals surface area (Å²) in [5, 5.41) is 13.2. The highest BCUT2D eigenvalue weighted by molar-refractivity contribution is 5.86. The molecule has 0 unspecified atom stereocenters. The maximum atomic E-state index is 11.3. The lowest BCUT2D eigenvalue weighted by atomic mass is 10.3. The topological polar surface area (TPSA) is 87.7 Å². The number of ether oxygens (including phenoxy) is 1. The van der Waals surface area contributed by atoms with Crippen molar-refractivity contribution in [3.63, 3.8) is 0 Å². The van der Waals surface area contributed by atoms with Gasteiger partial charge in [0.1, 0.15) is 0 Å². The van der Waals surface area contributed by atoms with Gasteiger partial charge in [-0.1, -0.05) is 13.3 Å². The molecule has 0 aromatic heterocycles. The Morgan fingerprint density at radius 1 is 1.17 bits per heavy atom. The lowest BCUT2D eigenvalue weighted by Crippen LogP contribution is -2.14. The van der Waals surface area contributed by atoms with Crippen molar-refractivity contribution in [3.05, 3.63) is 24.3 Å². The summed E-state index contributed by atoms with van der Waals surface area (Å²) < 4.78 is 4.92. The SMILES string of the molecule is CCCCOC(=O)Nc1ccc(NC(=O)O)cc1. The van der Waals surface area contributed by atoms with Gasteiger partial charge in [0, 0.05) is 11.4 Å². The highest BCUT2D eigenvalue weighted by atomic mass is 16.5. The number of hydrogen-bond acceptors (Lipinski definition) is 3. The van der Waals surface area contributed by atoms with Gasteiger partial charge in [0.25, 0.3) is 0 Å². The standard InChI is InChI=1S/C12H16N2O4/c1-2-3-8-18-12(17)14-10-6-4-9(5-7-10)13-11(15)16/h4-7,13H,2-3,8H2,1H3,(H,14,17)(H,15,16). The van der Waals surface area contributed by atoms with E-state index in [1.54, 1.807) is 24.3 Å². The van der Waals surface area contributed by atoms with Crippen LogP contribution in [0, 0.1) is 0 Å². The number of nitrogens with one attached hydrogen (secondary N) is 2. The van der Waals surface area contributed by atoms with Crippen LogP contribution in [0.5, 0.6) is 0 Å². The first kappa shape index (κ1) is 13.8. The molecule has 6 heteroatoms. The predicted molar refractivity (Wildman–Crippen MR) is 68.0 cm³/mol. The van der Waals surface area contributed by atoms with Gasteiger partial charge in [0.2, 0.25) is 0 Å². The number of benzene rings is 1. The average molecular weight is 252 g/mol. The predicted octanol–water partition coefficient (Wildman–Crippen LogP) is 3.13. The van der Waals surface area contributed by atoms with Crippen molar-refractivity contribution >= 4 is 23.6 Å². The molecule has 0 bridgehead atoms. The molecule has 0 aliphatic heterocycles. The lowest BCUT2D eigenvalue weighted by Gasteiger charge is -2.07. The second-order valence-corrected chi connectivity index (χ2v) is 3.62. The molecule has 0 spiro atoms. The molecule has 0 saturated carbocycles. The quantitative estimate of drug-likeness (QED) is 0.702. The summed E-state index contributed by atoms with van der Waals surface area (Å²) >= 11 is 0. The first-order chi connectivity index (χ1) is 8.61. The number of anilines is 2. The van der Waals surface area contributed by atoms with Crippen molar-refractivity contribution in [2.75, 3.05) is 17.2 Å². The monoisotopic (exact) mass is 252 g/mol. The first-order valence-corrected chi connectivity index (χ1v) is 5.65. The van der Waals surface area contributed by atoms with E-state index in [9.17, 15) is 9.59 Å². The Morgan fingerprint density at radius 2 is 1.72 bits per heavy atom. The van der Waals surface area contributed by atoms with Crippen LogP contribution in [0.2, 0.25) is 0 Å². The van der Waals surface area contributed by atoms with Crippen LogP contribution in [0.4, 0.5) is 21.0 Å². The van der Waals surface area contributed by atoms with Gasteiger partial charge >= 0.3 is 12.2 Å². The van der Waals surface area contributed by atoms with Gasteiger partial charge in [-0.2, -0.15) is 0 Å². The van der Waals surface area contributed by atoms with Crippen LogP contribution >= 0.6 is 0 Å². The van der Waals surface area contributed by atoms with Gasteiger partial charge in [-0.25, -0.2) is 9.59 Å². The van der Waals surface area contributed by atoms with Crippen molar-refractivity contribution in [2.24, 2.45) is 0 Å². The number of carbonyl (C=O) groups excluding carboxylic acids is 1. The first-order valence-electron chi connectivity index (χ1n) is 5.65. The molecular weight excluding hydrogens is 236 g/mol. The minimum absolute atomic E-state index is 0.390. The number of rotatable bonds is 5. The van der Waals surface area contributed by atoms with Gasteiger partial charge < -0.3 is 9.84 Å². The maximum absolute atomic E-state index is 11.3. The third-order valence-electron chi connectivity index (χ3n) is 2.11. The molecule has 2 amide bonds. The molecule has 0 fully saturated rings. The van der Waals surface area contributed by atoms with E-state index in [4.69, 9.17) is 9.84 Å². The molecule has 1 rings (SSSR count). The molecule has 6 nitrogen and oxygen atoms in total. The number of carboxylic acid groups (broad SMARTS) is 1. The van der Waals surface area contributed by atoms with Gasteiger partial charge in [0.15, 0.2) is 0 Å². The van der Waals surface area contributed by atoms with Crippen molar-refractivity contribution in [2.45, 2.75) is 19.8 Å². The number of hydrogen-bond donors (Lipinski definition) is 3. The summed E-state index contributed by atoms with van der Waals surface area (Å²) in [7, 11) is 0. The number of unbranched alkanes of at least 4 members (excludes halogenated alkanes) is 1. The van der Waals surface area contributed by atoms with E-state index in [0.717, 1.165) is 12.8 Å². The largest absolute Gasteiger partial charge is 0.465 e. The molecule has 1 aromatic rings. The summed E-state index contributed by atoms with van der Waals surface area (Å²) in [6, 6.07) is 6.28. The highest BCUT2D eigenvalue weighted by Gasteiger charge is 2.03. The van der Waals surface area contributed by atoms with Crippen LogP contribution in [0.3, 0.4) is 0 Å². The Labute approximate surface area is 105 Å². The summed E-state index contributed by atoms with van der Waals surface area (Å²) in [6.45, 7) is 2.40. The van der Waals surface area contributed by atoms with E-state index in [-0.39, 0.29) is 0 Å². The second kappa shape index (κ2) is 7.16. The van der Waals surface area contributed by atoms with E-state index in [2.05, 4.69) is 10.6 Å². The summed E-state index contributed by atoms with van der Waals surface area (Å²) in [5.41, 5.74) is 0.986. The Balaban J connectivity index is 2.43. The van der Waals surface area contributed by atoms with Gasteiger partial charge in [-0.3, -0.25) is 10.6 Å². The summed E-state index contributed by atoms with van der Waals surface area (Å²) in [5.74, 6) is 0. The fourth-order valence-electron chi connectivity index (χ4n) is 1.22. The molecule has 0 aliphatic rings. The molecule has 3 N–H and O–H groups in total. The van der Waals surface area contributed by atoms with Crippen molar-refractivity contribution < 1.29 is 19.4 Å². The van der Waals surface area contributed by atoms with Crippen molar-refractivity contribution in [3.8, 4) is 0 Å². The minimum Gasteiger partial charge on any atom is -0.465 e. The Kier molecular flexibility index (Phi) is 5.50. The van der Waals surface area contributed by atoms with Crippen LogP contribution in [-0.4, -0.2) is 23.9 Å². The van der Waals surface area contributed by atoms with E-state index < -0.39 is 12.2 Å². The zero-order chi connectivity index (χ0) is 13.4. The fourth-order valence-corrected chi connectivity index (χ4v) is 1.22. The molecule has 0 atom stereocenters. The molecular formula is C12H16N2O4. The number of carbonyl (C=O) groups is 2. The molecule has 0 saturated heterocycles. The zero-order valence-corrected chi connectivity index (χ0v) is 10.1. The van der Waals surface area contributed by atoms with Gasteiger partial charge in [-0.05, 0) is 30.7 Å². The molecule has 0 aliphatic carbocycles. The third kappa shape index (κ3) is 5.20. The zero-order valence-electron chi connectivity index (χ0n) is 10.1. The summed E-state index contributed by atoms with van der Waals surface area (Å²) in [6.07, 6.45) is 0.148. The van der Waals surface area contributed by atoms with E-state index in [0.29, 0.717) is 18.0 Å². The second-order valence-electron chi connectivity index (χ2n) is 3.62. The minimum atomic E-state index is -1.13. The number of amides is 2. The van der Waals surface area contributed by atoms with Crippen LogP contribution < -0.4 is 10.6 Å². The van der Waals surface area contributed by atoms with Gasteiger partial charge in [-0.15, -0.1) is 0 Å². The Morgan fingerprint density at radius 3 is 2.22 bits per heavy atom. The Hall–Kier alpha value is -2.24. The van der Waals surface area contributed by atoms with E-state index >= 15 is 0 Å². The molecule has 98 valence electrons. The molecule has 1 aromatic carbocycles. The van der Waals surface area contributed by atoms with E-state index in [1.165, 1.54) is 0 Å². The molecule has 0 radical (unpaired) electrons. The summed E-state index contributed by atoms with van der Waals surface area (Å²) in [4.78, 5) is 21.7. The Bertz CT molecular complexity index is 403. The highest BCUT2D eigenvalue weighted by Crippen LogP contribution is 2.13. The lowest BCUT2D eigenvalue weighted by molar-refractivity contribution is 0.160. The van der Waals surface area contributed by atoms with Crippen LogP contribution in [0.15, 0.2) is 24.3 Å². The van der Waals surface area contributed by atoms with Crippen LogP contribution in [0.25, 0.3) is 0 Å². The maximum Gasteiger partial charge on any atom is 0.411 e. The molecule has 18 heavy (non-hydrogen) atoms.